The van der Waals surface area contributed by atoms with E-state index in [0.29, 0.717) is 11.3 Å². The van der Waals surface area contributed by atoms with Gasteiger partial charge in [-0.3, -0.25) is 11.3 Å². The average molecular weight is 258 g/mol. The highest BCUT2D eigenvalue weighted by atomic mass is 32.2. The molecule has 0 spiro atoms. The highest BCUT2D eigenvalue weighted by Gasteiger charge is 2.30. The van der Waals surface area contributed by atoms with Gasteiger partial charge in [0.2, 0.25) is 0 Å². The monoisotopic (exact) mass is 258 g/mol. The molecule has 0 saturated carbocycles. The molecule has 1 fully saturated rings. The lowest BCUT2D eigenvalue weighted by molar-refractivity contribution is 0.469. The van der Waals surface area contributed by atoms with Crippen LogP contribution in [-0.2, 0) is 0 Å². The lowest BCUT2D eigenvalue weighted by Gasteiger charge is -2.35. The van der Waals surface area contributed by atoms with Crippen molar-refractivity contribution in [2.45, 2.75) is 49.7 Å². The van der Waals surface area contributed by atoms with Gasteiger partial charge in [-0.2, -0.15) is 23.5 Å². The summed E-state index contributed by atoms with van der Waals surface area (Å²) in [6.07, 6.45) is 3.25. The molecule has 3 atom stereocenters. The van der Waals surface area contributed by atoms with Crippen LogP contribution in [0.4, 0.5) is 0 Å². The Kier molecular flexibility index (Phi) is 7.39. The van der Waals surface area contributed by atoms with E-state index in [1.165, 1.54) is 17.9 Å². The van der Waals surface area contributed by atoms with Gasteiger partial charge in [-0.05, 0) is 19.8 Å². The predicted octanol–water partition coefficient (Wildman–Crippen LogP) is 2.25. The van der Waals surface area contributed by atoms with Crippen molar-refractivity contribution in [3.8, 4) is 11.8 Å². The van der Waals surface area contributed by atoms with Crippen molar-refractivity contribution in [3.05, 3.63) is 0 Å². The first-order valence-corrected chi connectivity index (χ1v) is 8.02. The first kappa shape index (κ1) is 14.2. The van der Waals surface area contributed by atoms with Crippen molar-refractivity contribution >= 4 is 23.5 Å². The molecule has 2 nitrogen and oxygen atoms in total. The van der Waals surface area contributed by atoms with Gasteiger partial charge in [-0.1, -0.05) is 6.92 Å². The van der Waals surface area contributed by atoms with Crippen molar-refractivity contribution < 1.29 is 0 Å². The van der Waals surface area contributed by atoms with E-state index in [1.54, 1.807) is 0 Å². The zero-order valence-electron chi connectivity index (χ0n) is 10.2. The maximum Gasteiger partial charge on any atom is 0.0349 e. The van der Waals surface area contributed by atoms with Gasteiger partial charge in [0.25, 0.3) is 0 Å². The maximum absolute atomic E-state index is 5.68. The minimum Gasteiger partial charge on any atom is -0.271 e. The minimum atomic E-state index is 0.406. The lowest BCUT2D eigenvalue weighted by atomic mass is 10.0. The van der Waals surface area contributed by atoms with E-state index in [2.05, 4.69) is 47.7 Å². The molecule has 1 rings (SSSR count). The highest BCUT2D eigenvalue weighted by Crippen LogP contribution is 2.35. The number of thioether (sulfide) groups is 2. The first-order chi connectivity index (χ1) is 7.83. The van der Waals surface area contributed by atoms with Crippen LogP contribution in [0.3, 0.4) is 0 Å². The average Bonchev–Trinajstić information content (AvgIpc) is 2.35. The van der Waals surface area contributed by atoms with Crippen LogP contribution < -0.4 is 11.3 Å². The topological polar surface area (TPSA) is 38.0 Å². The third-order valence-electron chi connectivity index (χ3n) is 2.86. The van der Waals surface area contributed by atoms with Gasteiger partial charge in [-0.25, -0.2) is 0 Å². The molecule has 0 aliphatic carbocycles. The third-order valence-corrected chi connectivity index (χ3v) is 6.27. The van der Waals surface area contributed by atoms with Gasteiger partial charge < -0.3 is 0 Å². The van der Waals surface area contributed by atoms with Crippen molar-refractivity contribution in [2.24, 2.45) is 5.84 Å². The van der Waals surface area contributed by atoms with E-state index in [1.807, 2.05) is 6.92 Å². The molecule has 1 saturated heterocycles. The Morgan fingerprint density at radius 1 is 1.44 bits per heavy atom. The van der Waals surface area contributed by atoms with Gasteiger partial charge in [0.15, 0.2) is 0 Å². The largest absolute Gasteiger partial charge is 0.271 e. The van der Waals surface area contributed by atoms with Crippen LogP contribution >= 0.6 is 23.5 Å². The van der Waals surface area contributed by atoms with E-state index < -0.39 is 0 Å². The molecule has 0 aromatic heterocycles. The summed E-state index contributed by atoms with van der Waals surface area (Å²) in [5, 5.41) is 1.39. The summed E-state index contributed by atoms with van der Waals surface area (Å²) in [6, 6.07) is 0.406. The summed E-state index contributed by atoms with van der Waals surface area (Å²) in [7, 11) is 0. The zero-order valence-corrected chi connectivity index (χ0v) is 11.8. The molecule has 3 unspecified atom stereocenters. The fraction of sp³-hybridized carbons (Fsp3) is 0.833. The van der Waals surface area contributed by atoms with Crippen molar-refractivity contribution in [1.29, 1.82) is 0 Å². The van der Waals surface area contributed by atoms with E-state index in [4.69, 9.17) is 5.84 Å². The lowest BCUT2D eigenvalue weighted by Crippen LogP contribution is -2.48. The summed E-state index contributed by atoms with van der Waals surface area (Å²) < 4.78 is 0. The Morgan fingerprint density at radius 3 is 2.81 bits per heavy atom. The van der Waals surface area contributed by atoms with E-state index in [0.717, 1.165) is 18.1 Å². The number of hydrogen-bond donors (Lipinski definition) is 2. The van der Waals surface area contributed by atoms with Crippen LogP contribution in [0.1, 0.15) is 33.1 Å². The standard InChI is InChI=1S/C12H22N2S2/c1-3-5-6-7-10(14-13)12-11(4-2)15-8-9-16-12/h10-12,14H,4,6-9,13H2,1-2H3. The number of hydrazine groups is 1. The summed E-state index contributed by atoms with van der Waals surface area (Å²) in [5.41, 5.74) is 2.99. The van der Waals surface area contributed by atoms with Crippen molar-refractivity contribution in [2.75, 3.05) is 11.5 Å². The van der Waals surface area contributed by atoms with Crippen LogP contribution in [-0.4, -0.2) is 28.0 Å². The summed E-state index contributed by atoms with van der Waals surface area (Å²) in [4.78, 5) is 0. The number of hydrogen-bond acceptors (Lipinski definition) is 4. The molecule has 0 amide bonds. The molecule has 0 aromatic rings. The smallest absolute Gasteiger partial charge is 0.0349 e. The van der Waals surface area contributed by atoms with Crippen molar-refractivity contribution in [1.82, 2.24) is 5.43 Å². The molecular formula is C12H22N2S2. The van der Waals surface area contributed by atoms with E-state index in [-0.39, 0.29) is 0 Å². The predicted molar refractivity (Wildman–Crippen MR) is 76.6 cm³/mol. The van der Waals surface area contributed by atoms with Gasteiger partial charge in [0, 0.05) is 34.5 Å². The van der Waals surface area contributed by atoms with E-state index in [9.17, 15) is 0 Å². The van der Waals surface area contributed by atoms with Gasteiger partial charge in [0.05, 0.1) is 0 Å². The Balaban J connectivity index is 2.50. The molecule has 0 bridgehead atoms. The minimum absolute atomic E-state index is 0.406. The zero-order chi connectivity index (χ0) is 11.8. The van der Waals surface area contributed by atoms with Gasteiger partial charge in [0.1, 0.15) is 0 Å². The van der Waals surface area contributed by atoms with E-state index >= 15 is 0 Å². The van der Waals surface area contributed by atoms with Crippen LogP contribution in [0, 0.1) is 11.8 Å². The van der Waals surface area contributed by atoms with Crippen molar-refractivity contribution in [3.63, 3.8) is 0 Å². The fourth-order valence-electron chi connectivity index (χ4n) is 2.01. The van der Waals surface area contributed by atoms with Crippen LogP contribution in [0.2, 0.25) is 0 Å². The molecule has 1 heterocycles. The quantitative estimate of drug-likeness (QED) is 0.451. The second-order valence-corrected chi connectivity index (χ2v) is 6.52. The maximum atomic E-state index is 5.68. The molecule has 1 aliphatic rings. The molecule has 3 N–H and O–H groups in total. The van der Waals surface area contributed by atoms with Crippen LogP contribution in [0.5, 0.6) is 0 Å². The number of nitrogens with two attached hydrogens (primary N) is 1. The Morgan fingerprint density at radius 2 is 2.19 bits per heavy atom. The molecule has 16 heavy (non-hydrogen) atoms. The van der Waals surface area contributed by atoms with Gasteiger partial charge >= 0.3 is 0 Å². The molecule has 92 valence electrons. The van der Waals surface area contributed by atoms with Gasteiger partial charge in [-0.15, -0.1) is 11.8 Å². The molecule has 0 radical (unpaired) electrons. The summed E-state index contributed by atoms with van der Waals surface area (Å²) >= 11 is 4.18. The third kappa shape index (κ3) is 4.21. The van der Waals surface area contributed by atoms with Crippen LogP contribution in [0.15, 0.2) is 0 Å². The number of rotatable bonds is 5. The Hall–Kier alpha value is 0.180. The second kappa shape index (κ2) is 8.30. The summed E-state index contributed by atoms with van der Waals surface area (Å²) in [6.45, 7) is 4.17. The highest BCUT2D eigenvalue weighted by molar-refractivity contribution is 8.07. The summed E-state index contributed by atoms with van der Waals surface area (Å²) in [5.74, 6) is 14.3. The molecular weight excluding hydrogens is 236 g/mol. The Bertz CT molecular complexity index is 247. The Labute approximate surface area is 108 Å². The van der Waals surface area contributed by atoms with Crippen LogP contribution in [0.25, 0.3) is 0 Å². The second-order valence-electron chi connectivity index (χ2n) is 3.89. The molecule has 4 heteroatoms. The SMILES string of the molecule is CC#CCCC(NN)C1SCCSC1CC. The normalized spacial score (nSPS) is 26.9. The molecule has 1 aliphatic heterocycles. The molecule has 0 aromatic carbocycles. The number of nitrogens with one attached hydrogen (secondary N) is 1. The first-order valence-electron chi connectivity index (χ1n) is 5.92. The fourth-order valence-corrected chi connectivity index (χ4v) is 5.29.